The van der Waals surface area contributed by atoms with E-state index in [0.717, 1.165) is 27.6 Å². The number of furan rings is 1. The molecule has 2 heteroatoms. The number of fused-ring (bicyclic) bond motifs is 6. The van der Waals surface area contributed by atoms with E-state index in [4.69, 9.17) is 4.42 Å². The molecular formula is C44H39NO. The summed E-state index contributed by atoms with van der Waals surface area (Å²) in [5.41, 5.74) is 13.1. The first-order chi connectivity index (χ1) is 22.1. The average Bonchev–Trinajstić information content (AvgIpc) is 3.59. The molecule has 0 atom stereocenters. The van der Waals surface area contributed by atoms with Crippen LogP contribution < -0.4 is 0 Å². The van der Waals surface area contributed by atoms with Crippen molar-refractivity contribution in [1.82, 2.24) is 4.57 Å². The van der Waals surface area contributed by atoms with E-state index in [2.05, 4.69) is 167 Å². The van der Waals surface area contributed by atoms with Crippen molar-refractivity contribution in [3.05, 3.63) is 139 Å². The first kappa shape index (κ1) is 28.4. The highest BCUT2D eigenvalue weighted by Gasteiger charge is 2.20. The average molecular weight is 598 g/mol. The zero-order chi connectivity index (χ0) is 31.8. The molecule has 0 amide bonds. The molecule has 8 aromatic rings. The number of hydrogen-bond donors (Lipinski definition) is 0. The van der Waals surface area contributed by atoms with Gasteiger partial charge in [-0.15, -0.1) is 0 Å². The molecule has 0 saturated heterocycles. The maximum atomic E-state index is 6.32. The number of aromatic nitrogens is 1. The second-order valence-electron chi connectivity index (χ2n) is 14.7. The third-order valence-corrected chi connectivity index (χ3v) is 9.56. The molecule has 0 aliphatic heterocycles. The smallest absolute Gasteiger partial charge is 0.137 e. The molecule has 46 heavy (non-hydrogen) atoms. The van der Waals surface area contributed by atoms with Gasteiger partial charge in [-0.2, -0.15) is 0 Å². The summed E-state index contributed by atoms with van der Waals surface area (Å²) in [6.07, 6.45) is 0. The maximum Gasteiger partial charge on any atom is 0.137 e. The molecule has 0 fully saturated rings. The van der Waals surface area contributed by atoms with Gasteiger partial charge in [0.25, 0.3) is 0 Å². The summed E-state index contributed by atoms with van der Waals surface area (Å²) < 4.78 is 8.75. The topological polar surface area (TPSA) is 18.1 Å². The van der Waals surface area contributed by atoms with Gasteiger partial charge in [-0.25, -0.2) is 0 Å². The molecule has 226 valence electrons. The minimum absolute atomic E-state index is 0.121. The fourth-order valence-corrected chi connectivity index (χ4v) is 6.91. The lowest BCUT2D eigenvalue weighted by atomic mass is 9.86. The van der Waals surface area contributed by atoms with Crippen molar-refractivity contribution in [3.63, 3.8) is 0 Å². The quantitative estimate of drug-likeness (QED) is 0.198. The molecule has 0 N–H and O–H groups in total. The van der Waals surface area contributed by atoms with E-state index in [-0.39, 0.29) is 10.8 Å². The molecule has 6 aromatic carbocycles. The number of para-hydroxylation sites is 1. The SMILES string of the molecule is CC(C)(C)c1ccc(-c2ccc3c(c2)c2cc(-c4ccc(C(C)(C)C)cc4)ccc2n3-c2cccc3oc4ccccc4c23)cc1. The van der Waals surface area contributed by atoms with Crippen LogP contribution in [-0.4, -0.2) is 4.57 Å². The van der Waals surface area contributed by atoms with E-state index < -0.39 is 0 Å². The molecule has 0 saturated carbocycles. The molecule has 0 bridgehead atoms. The molecule has 2 aromatic heterocycles. The van der Waals surface area contributed by atoms with Gasteiger partial charge in [0.1, 0.15) is 11.2 Å². The Labute approximate surface area is 270 Å². The van der Waals surface area contributed by atoms with Crippen LogP contribution in [0.1, 0.15) is 52.7 Å². The fourth-order valence-electron chi connectivity index (χ4n) is 6.91. The summed E-state index contributed by atoms with van der Waals surface area (Å²) in [7, 11) is 0. The second-order valence-corrected chi connectivity index (χ2v) is 14.7. The van der Waals surface area contributed by atoms with Gasteiger partial charge < -0.3 is 8.98 Å². The van der Waals surface area contributed by atoms with E-state index in [0.29, 0.717) is 0 Å². The largest absolute Gasteiger partial charge is 0.456 e. The number of hydrogen-bond acceptors (Lipinski definition) is 1. The maximum absolute atomic E-state index is 6.32. The molecule has 0 aliphatic rings. The molecule has 0 aliphatic carbocycles. The minimum Gasteiger partial charge on any atom is -0.456 e. The predicted molar refractivity (Wildman–Crippen MR) is 196 cm³/mol. The highest BCUT2D eigenvalue weighted by atomic mass is 16.3. The van der Waals surface area contributed by atoms with Gasteiger partial charge in [0.05, 0.1) is 22.1 Å². The molecule has 0 radical (unpaired) electrons. The van der Waals surface area contributed by atoms with Crippen LogP contribution in [-0.2, 0) is 10.8 Å². The molecular weight excluding hydrogens is 558 g/mol. The van der Waals surface area contributed by atoms with Crippen molar-refractivity contribution < 1.29 is 4.42 Å². The number of rotatable bonds is 3. The Morgan fingerprint density at radius 3 is 1.43 bits per heavy atom. The van der Waals surface area contributed by atoms with Crippen molar-refractivity contribution in [1.29, 1.82) is 0 Å². The van der Waals surface area contributed by atoms with E-state index in [9.17, 15) is 0 Å². The van der Waals surface area contributed by atoms with Crippen LogP contribution in [0.5, 0.6) is 0 Å². The standard InChI is InChI=1S/C44H39NO/c1-43(2,3)32-20-14-28(15-21-32)30-18-24-37-35(26-30)36-27-31(29-16-22-33(23-17-29)44(4,5)6)19-25-38(36)45(37)39-11-9-13-41-42(39)34-10-7-8-12-40(34)46-41/h7-27H,1-6H3. The van der Waals surface area contributed by atoms with Crippen LogP contribution in [0.3, 0.4) is 0 Å². The fraction of sp³-hybridized carbons (Fsp3) is 0.182. The molecule has 0 unspecified atom stereocenters. The van der Waals surface area contributed by atoms with Crippen LogP contribution in [0, 0.1) is 0 Å². The van der Waals surface area contributed by atoms with Gasteiger partial charge in [0.2, 0.25) is 0 Å². The lowest BCUT2D eigenvalue weighted by Gasteiger charge is -2.19. The normalized spacial score (nSPS) is 12.6. The zero-order valence-electron chi connectivity index (χ0n) is 27.5. The van der Waals surface area contributed by atoms with Crippen molar-refractivity contribution >= 4 is 43.7 Å². The van der Waals surface area contributed by atoms with Gasteiger partial charge in [-0.1, -0.05) is 126 Å². The summed E-state index contributed by atoms with van der Waals surface area (Å²) in [5, 5.41) is 4.76. The van der Waals surface area contributed by atoms with Gasteiger partial charge in [0.15, 0.2) is 0 Å². The van der Waals surface area contributed by atoms with Crippen LogP contribution >= 0.6 is 0 Å². The first-order valence-electron chi connectivity index (χ1n) is 16.3. The summed E-state index contributed by atoms with van der Waals surface area (Å²) in [6.45, 7) is 13.6. The van der Waals surface area contributed by atoms with Gasteiger partial charge >= 0.3 is 0 Å². The molecule has 8 rings (SSSR count). The van der Waals surface area contributed by atoms with E-state index in [1.165, 1.54) is 55.2 Å². The zero-order valence-corrected chi connectivity index (χ0v) is 27.5. The molecule has 0 spiro atoms. The first-order valence-corrected chi connectivity index (χ1v) is 16.3. The number of benzene rings is 6. The summed E-state index contributed by atoms with van der Waals surface area (Å²) in [4.78, 5) is 0. The lowest BCUT2D eigenvalue weighted by Crippen LogP contribution is -2.10. The van der Waals surface area contributed by atoms with Gasteiger partial charge in [-0.3, -0.25) is 0 Å². The third kappa shape index (κ3) is 4.63. The van der Waals surface area contributed by atoms with Crippen molar-refractivity contribution in [2.24, 2.45) is 0 Å². The third-order valence-electron chi connectivity index (χ3n) is 9.56. The predicted octanol–water partition coefficient (Wildman–Crippen LogP) is 12.6. The van der Waals surface area contributed by atoms with Crippen molar-refractivity contribution in [2.45, 2.75) is 52.4 Å². The Bertz CT molecular complexity index is 2290. The van der Waals surface area contributed by atoms with Crippen LogP contribution in [0.15, 0.2) is 132 Å². The monoisotopic (exact) mass is 597 g/mol. The number of nitrogens with zero attached hydrogens (tertiary/aromatic N) is 1. The van der Waals surface area contributed by atoms with Crippen LogP contribution in [0.4, 0.5) is 0 Å². The Kier molecular flexibility index (Phi) is 6.31. The second kappa shape index (κ2) is 10.2. The molecule has 2 nitrogen and oxygen atoms in total. The highest BCUT2D eigenvalue weighted by molar-refractivity contribution is 6.15. The van der Waals surface area contributed by atoms with E-state index in [1.807, 2.05) is 6.07 Å². The van der Waals surface area contributed by atoms with Crippen molar-refractivity contribution in [3.8, 4) is 27.9 Å². The Morgan fingerprint density at radius 1 is 0.435 bits per heavy atom. The summed E-state index contributed by atoms with van der Waals surface area (Å²) in [5.74, 6) is 0. The van der Waals surface area contributed by atoms with E-state index >= 15 is 0 Å². The Morgan fingerprint density at radius 2 is 0.913 bits per heavy atom. The van der Waals surface area contributed by atoms with Crippen LogP contribution in [0.2, 0.25) is 0 Å². The van der Waals surface area contributed by atoms with E-state index in [1.54, 1.807) is 0 Å². The Balaban J connectivity index is 1.38. The lowest BCUT2D eigenvalue weighted by molar-refractivity contribution is 0.590. The van der Waals surface area contributed by atoms with Crippen molar-refractivity contribution in [2.75, 3.05) is 0 Å². The summed E-state index contributed by atoms with van der Waals surface area (Å²) in [6, 6.07) is 46.8. The molecule has 2 heterocycles. The minimum atomic E-state index is 0.121. The Hall–Kier alpha value is -5.08. The van der Waals surface area contributed by atoms with Gasteiger partial charge in [-0.05, 0) is 86.7 Å². The highest BCUT2D eigenvalue weighted by Crippen LogP contribution is 2.41. The summed E-state index contributed by atoms with van der Waals surface area (Å²) >= 11 is 0. The van der Waals surface area contributed by atoms with Gasteiger partial charge in [0, 0.05) is 16.2 Å². The van der Waals surface area contributed by atoms with Crippen LogP contribution in [0.25, 0.3) is 71.7 Å².